The van der Waals surface area contributed by atoms with Crippen LogP contribution in [0, 0.1) is 0 Å². The quantitative estimate of drug-likeness (QED) is 0.229. The van der Waals surface area contributed by atoms with Gasteiger partial charge in [-0.3, -0.25) is 0 Å². The van der Waals surface area contributed by atoms with E-state index >= 15 is 0 Å². The van der Waals surface area contributed by atoms with Gasteiger partial charge in [0, 0.05) is 40.5 Å². The average Bonchev–Trinajstić information content (AvgIpc) is 2.71. The highest BCUT2D eigenvalue weighted by molar-refractivity contribution is 6.60. The third-order valence-electron chi connectivity index (χ3n) is 4.26. The second-order valence-electron chi connectivity index (χ2n) is 6.35. The maximum absolute atomic E-state index is 12.4. The van der Waals surface area contributed by atoms with Crippen molar-refractivity contribution in [2.75, 3.05) is 47.6 Å². The van der Waals surface area contributed by atoms with Crippen molar-refractivity contribution in [1.29, 1.82) is 0 Å². The monoisotopic (exact) mass is 423 g/mol. The summed E-state index contributed by atoms with van der Waals surface area (Å²) in [4.78, 5) is 25.6. The lowest BCUT2D eigenvalue weighted by atomic mass is 10.3. The normalized spacial score (nSPS) is 12.5. The second-order valence-corrected chi connectivity index (χ2v) is 9.44. The Morgan fingerprint density at radius 1 is 0.929 bits per heavy atom. The van der Waals surface area contributed by atoms with E-state index in [-0.39, 0.29) is 6.61 Å². The van der Waals surface area contributed by atoms with Gasteiger partial charge >= 0.3 is 20.9 Å². The molecule has 0 spiro atoms. The van der Waals surface area contributed by atoms with E-state index in [1.54, 1.807) is 26.2 Å². The summed E-state index contributed by atoms with van der Waals surface area (Å²) in [5.74, 6) is -0.780. The maximum atomic E-state index is 12.4. The molecule has 10 heteroatoms. The Labute approximate surface area is 169 Å². The Hall–Kier alpha value is -1.20. The Balaban J connectivity index is 4.54. The maximum Gasteiger partial charge on any atom is 0.500 e. The number of carbonyl (C=O) groups excluding carboxylic acids is 2. The van der Waals surface area contributed by atoms with Gasteiger partial charge in [-0.15, -0.1) is 0 Å². The Morgan fingerprint density at radius 2 is 1.50 bits per heavy atom. The van der Waals surface area contributed by atoms with Crippen molar-refractivity contribution >= 4 is 20.9 Å². The highest BCUT2D eigenvalue weighted by atomic mass is 28.4. The lowest BCUT2D eigenvalue weighted by Crippen LogP contribution is -2.44. The van der Waals surface area contributed by atoms with Gasteiger partial charge in [0.2, 0.25) is 0 Å². The van der Waals surface area contributed by atoms with Crippen LogP contribution < -0.4 is 0 Å². The van der Waals surface area contributed by atoms with Crippen molar-refractivity contribution in [3.05, 3.63) is 0 Å². The number of hydrogen-bond donors (Lipinski definition) is 1. The van der Waals surface area contributed by atoms with Gasteiger partial charge in [-0.25, -0.2) is 9.59 Å². The fourth-order valence-electron chi connectivity index (χ4n) is 2.41. The fourth-order valence-corrected chi connectivity index (χ4v) is 4.11. The first kappa shape index (κ1) is 26.8. The lowest BCUT2D eigenvalue weighted by molar-refractivity contribution is -0.155. The zero-order valence-corrected chi connectivity index (χ0v) is 18.9. The minimum absolute atomic E-state index is 0.243. The predicted octanol–water partition coefficient (Wildman–Crippen LogP) is 2.20. The molecule has 0 saturated carbocycles. The van der Waals surface area contributed by atoms with E-state index in [1.807, 2.05) is 13.8 Å². The van der Waals surface area contributed by atoms with Gasteiger partial charge in [0.05, 0.1) is 6.61 Å². The van der Waals surface area contributed by atoms with E-state index in [2.05, 4.69) is 0 Å². The van der Waals surface area contributed by atoms with Crippen LogP contribution in [0.2, 0.25) is 6.04 Å². The van der Waals surface area contributed by atoms with Gasteiger partial charge in [0.15, 0.2) is 6.10 Å². The number of rotatable bonds is 16. The van der Waals surface area contributed by atoms with Gasteiger partial charge in [0.25, 0.3) is 0 Å². The van der Waals surface area contributed by atoms with Crippen molar-refractivity contribution in [1.82, 2.24) is 4.90 Å². The van der Waals surface area contributed by atoms with Gasteiger partial charge in [-0.05, 0) is 19.3 Å². The van der Waals surface area contributed by atoms with Crippen molar-refractivity contribution < 1.29 is 37.4 Å². The summed E-state index contributed by atoms with van der Waals surface area (Å²) in [6.07, 6.45) is 1.89. The number of unbranched alkanes of at least 4 members (excludes halogenated alkanes) is 2. The second kappa shape index (κ2) is 15.7. The largest absolute Gasteiger partial charge is 0.500 e. The molecule has 0 fully saturated rings. The number of amides is 1. The molecule has 1 amide bonds. The van der Waals surface area contributed by atoms with E-state index in [0.29, 0.717) is 25.6 Å². The van der Waals surface area contributed by atoms with Crippen molar-refractivity contribution in [2.24, 2.45) is 0 Å². The van der Waals surface area contributed by atoms with E-state index in [4.69, 9.17) is 22.8 Å². The molecule has 0 aromatic heterocycles. The smallest absolute Gasteiger partial charge is 0.464 e. The summed E-state index contributed by atoms with van der Waals surface area (Å²) in [6, 6.07) is 0.554. The molecule has 9 nitrogen and oxygen atoms in total. The Morgan fingerprint density at radius 3 is 2.04 bits per heavy atom. The van der Waals surface area contributed by atoms with Crippen LogP contribution in [-0.2, 0) is 27.5 Å². The number of hydrogen-bond acceptors (Lipinski definition) is 8. The summed E-state index contributed by atoms with van der Waals surface area (Å²) >= 11 is 0. The molecular weight excluding hydrogens is 386 g/mol. The van der Waals surface area contributed by atoms with Crippen molar-refractivity contribution in [3.63, 3.8) is 0 Å². The Kier molecular flexibility index (Phi) is 15.0. The minimum atomic E-state index is -2.70. The van der Waals surface area contributed by atoms with E-state index in [0.717, 1.165) is 25.7 Å². The molecule has 0 aromatic rings. The summed E-state index contributed by atoms with van der Waals surface area (Å²) in [6.45, 7) is 4.76. The van der Waals surface area contributed by atoms with E-state index in [9.17, 15) is 14.7 Å². The lowest BCUT2D eigenvalue weighted by Gasteiger charge is -2.26. The molecule has 28 heavy (non-hydrogen) atoms. The molecule has 1 unspecified atom stereocenters. The molecule has 166 valence electrons. The molecule has 0 radical (unpaired) electrons. The third-order valence-corrected chi connectivity index (χ3v) is 7.09. The van der Waals surface area contributed by atoms with Gasteiger partial charge in [-0.2, -0.15) is 0 Å². The molecule has 0 rings (SSSR count). The van der Waals surface area contributed by atoms with Crippen LogP contribution in [0.1, 0.15) is 46.0 Å². The summed E-state index contributed by atoms with van der Waals surface area (Å²) in [5.41, 5.74) is 0. The highest BCUT2D eigenvalue weighted by Gasteiger charge is 2.37. The van der Waals surface area contributed by atoms with Crippen LogP contribution >= 0.6 is 0 Å². The van der Waals surface area contributed by atoms with Crippen LogP contribution in [0.15, 0.2) is 0 Å². The van der Waals surface area contributed by atoms with Crippen LogP contribution in [0.25, 0.3) is 0 Å². The molecule has 0 aliphatic carbocycles. The van der Waals surface area contributed by atoms with Gasteiger partial charge < -0.3 is 32.8 Å². The summed E-state index contributed by atoms with van der Waals surface area (Å²) in [5, 5.41) is 9.79. The number of aliphatic hydroxyl groups is 1. The van der Waals surface area contributed by atoms with Gasteiger partial charge in [-0.1, -0.05) is 26.7 Å². The summed E-state index contributed by atoms with van der Waals surface area (Å²) in [7, 11) is 1.94. The zero-order chi connectivity index (χ0) is 21.4. The molecular formula is C18H37NO8Si. The fraction of sp³-hybridized carbons (Fsp3) is 0.889. The molecule has 1 atom stereocenters. The molecule has 0 saturated heterocycles. The van der Waals surface area contributed by atoms with Crippen LogP contribution in [-0.4, -0.2) is 84.6 Å². The molecule has 0 aliphatic heterocycles. The number of ether oxygens (including phenoxy) is 2. The molecule has 0 bridgehead atoms. The zero-order valence-electron chi connectivity index (χ0n) is 17.9. The van der Waals surface area contributed by atoms with Crippen molar-refractivity contribution in [2.45, 2.75) is 58.1 Å². The predicted molar refractivity (Wildman–Crippen MR) is 106 cm³/mol. The average molecular weight is 424 g/mol. The van der Waals surface area contributed by atoms with Crippen LogP contribution in [0.3, 0.4) is 0 Å². The topological polar surface area (TPSA) is 104 Å². The first-order valence-electron chi connectivity index (χ1n) is 9.81. The highest BCUT2D eigenvalue weighted by Crippen LogP contribution is 2.16. The minimum Gasteiger partial charge on any atom is -0.464 e. The molecule has 1 N–H and O–H groups in total. The third kappa shape index (κ3) is 10.4. The van der Waals surface area contributed by atoms with E-state index < -0.39 is 33.6 Å². The first-order valence-corrected chi connectivity index (χ1v) is 11.7. The number of nitrogens with zero attached hydrogens (tertiary/aromatic N) is 1. The molecule has 0 aliphatic rings. The first-order chi connectivity index (χ1) is 13.4. The standard InChI is InChI=1S/C18H37NO8Si/c1-6-8-11-19(12-10-14-28(23-3,24-4)25-5)18(22)27-15-16(20)17(21)26-13-9-7-2/h16,20H,6-15H2,1-5H3. The molecule has 0 heterocycles. The molecule has 0 aromatic carbocycles. The van der Waals surface area contributed by atoms with Crippen LogP contribution in [0.4, 0.5) is 4.79 Å². The summed E-state index contributed by atoms with van der Waals surface area (Å²) < 4.78 is 26.2. The van der Waals surface area contributed by atoms with Gasteiger partial charge in [0.1, 0.15) is 6.61 Å². The number of carbonyl (C=O) groups is 2. The number of esters is 1. The van der Waals surface area contributed by atoms with E-state index in [1.165, 1.54) is 0 Å². The number of aliphatic hydroxyl groups excluding tert-OH is 1. The van der Waals surface area contributed by atoms with Crippen molar-refractivity contribution in [3.8, 4) is 0 Å². The Bertz CT molecular complexity index is 426. The SMILES string of the molecule is CCCCOC(=O)C(O)COC(=O)N(CCCC)CCC[Si](OC)(OC)OC. The van der Waals surface area contributed by atoms with Crippen LogP contribution in [0.5, 0.6) is 0 Å².